The van der Waals surface area contributed by atoms with Gasteiger partial charge in [-0.25, -0.2) is 4.39 Å². The maximum atomic E-state index is 15.1. The van der Waals surface area contributed by atoms with E-state index in [4.69, 9.17) is 28.9 Å². The summed E-state index contributed by atoms with van der Waals surface area (Å²) in [6.45, 7) is -0.158. The van der Waals surface area contributed by atoms with Crippen LogP contribution in [0.15, 0.2) is 48.5 Å². The minimum absolute atomic E-state index is 0.158. The fourth-order valence-corrected chi connectivity index (χ4v) is 2.15. The molecule has 2 rings (SSSR count). The average molecular weight is 284 g/mol. The van der Waals surface area contributed by atoms with E-state index in [1.54, 1.807) is 36.4 Å². The molecular weight excluding hydrogens is 272 g/mol. The summed E-state index contributed by atoms with van der Waals surface area (Å²) >= 11 is 11.8. The first-order chi connectivity index (χ1) is 8.58. The quantitative estimate of drug-likeness (QED) is 0.899. The van der Waals surface area contributed by atoms with Crippen molar-refractivity contribution in [1.82, 2.24) is 0 Å². The van der Waals surface area contributed by atoms with Gasteiger partial charge in [-0.1, -0.05) is 59.6 Å². The lowest BCUT2D eigenvalue weighted by molar-refractivity contribution is 0.232. The Balaban J connectivity index is 2.53. The Bertz CT molecular complexity index is 545. The van der Waals surface area contributed by atoms with Crippen LogP contribution in [-0.4, -0.2) is 6.54 Å². The number of alkyl halides is 1. The number of hydrogen-bond donors (Lipinski definition) is 1. The van der Waals surface area contributed by atoms with Crippen LogP contribution in [0.3, 0.4) is 0 Å². The van der Waals surface area contributed by atoms with Gasteiger partial charge in [-0.15, -0.1) is 0 Å². The molecule has 0 saturated carbocycles. The number of hydrogen-bond acceptors (Lipinski definition) is 1. The summed E-state index contributed by atoms with van der Waals surface area (Å²) in [5.74, 6) is 0. The van der Waals surface area contributed by atoms with Gasteiger partial charge in [-0.05, 0) is 23.3 Å². The molecule has 0 radical (unpaired) electrons. The summed E-state index contributed by atoms with van der Waals surface area (Å²) in [4.78, 5) is 0. The predicted octanol–water partition coefficient (Wildman–Crippen LogP) is 4.17. The van der Waals surface area contributed by atoms with E-state index >= 15 is 4.39 Å². The van der Waals surface area contributed by atoms with Crippen LogP contribution in [0.4, 0.5) is 4.39 Å². The van der Waals surface area contributed by atoms with Gasteiger partial charge in [0.1, 0.15) is 0 Å². The highest BCUT2D eigenvalue weighted by Gasteiger charge is 2.32. The molecule has 2 aromatic rings. The Hall–Kier alpha value is -1.09. The third-order valence-electron chi connectivity index (χ3n) is 2.89. The van der Waals surface area contributed by atoms with Crippen molar-refractivity contribution in [2.45, 2.75) is 5.67 Å². The van der Waals surface area contributed by atoms with E-state index in [1.807, 2.05) is 6.07 Å². The topological polar surface area (TPSA) is 26.0 Å². The second-order valence-corrected chi connectivity index (χ2v) is 4.81. The maximum Gasteiger partial charge on any atom is 0.173 e. The molecule has 0 fully saturated rings. The zero-order valence-corrected chi connectivity index (χ0v) is 11.0. The summed E-state index contributed by atoms with van der Waals surface area (Å²) in [6.07, 6.45) is 0. The number of halogens is 3. The summed E-state index contributed by atoms with van der Waals surface area (Å²) in [5, 5.41) is 0.716. The molecule has 0 saturated heterocycles. The third-order valence-corrected chi connectivity index (χ3v) is 3.63. The van der Waals surface area contributed by atoms with Crippen LogP contribution in [-0.2, 0) is 5.67 Å². The Morgan fingerprint density at radius 2 is 1.61 bits per heavy atom. The van der Waals surface area contributed by atoms with Crippen LogP contribution in [0.2, 0.25) is 10.0 Å². The average Bonchev–Trinajstić information content (AvgIpc) is 2.42. The second-order valence-electron chi connectivity index (χ2n) is 4.00. The van der Waals surface area contributed by atoms with Crippen LogP contribution in [0.25, 0.3) is 0 Å². The molecule has 1 nitrogen and oxygen atoms in total. The van der Waals surface area contributed by atoms with Gasteiger partial charge in [0.15, 0.2) is 5.67 Å². The molecule has 4 heteroatoms. The molecule has 0 heterocycles. The monoisotopic (exact) mass is 283 g/mol. The molecular formula is C14H12Cl2FN. The van der Waals surface area contributed by atoms with E-state index in [2.05, 4.69) is 0 Å². The molecule has 0 aliphatic carbocycles. The summed E-state index contributed by atoms with van der Waals surface area (Å²) < 4.78 is 15.1. The molecule has 0 amide bonds. The fourth-order valence-electron chi connectivity index (χ4n) is 1.85. The predicted molar refractivity (Wildman–Crippen MR) is 73.8 cm³/mol. The van der Waals surface area contributed by atoms with Crippen molar-refractivity contribution < 1.29 is 4.39 Å². The summed E-state index contributed by atoms with van der Waals surface area (Å²) in [7, 11) is 0. The molecule has 0 spiro atoms. The zero-order chi connectivity index (χ0) is 13.2. The van der Waals surface area contributed by atoms with E-state index in [-0.39, 0.29) is 6.54 Å². The van der Waals surface area contributed by atoms with Crippen molar-refractivity contribution >= 4 is 23.2 Å². The minimum atomic E-state index is -1.75. The largest absolute Gasteiger partial charge is 0.327 e. The molecule has 0 aromatic heterocycles. The third kappa shape index (κ3) is 2.37. The lowest BCUT2D eigenvalue weighted by Crippen LogP contribution is -2.31. The first-order valence-electron chi connectivity index (χ1n) is 5.48. The highest BCUT2D eigenvalue weighted by Crippen LogP contribution is 2.35. The van der Waals surface area contributed by atoms with Gasteiger partial charge < -0.3 is 5.73 Å². The molecule has 2 N–H and O–H groups in total. The molecule has 1 atom stereocenters. The van der Waals surface area contributed by atoms with Crippen LogP contribution in [0, 0.1) is 0 Å². The minimum Gasteiger partial charge on any atom is -0.327 e. The van der Waals surface area contributed by atoms with Gasteiger partial charge in [-0.3, -0.25) is 0 Å². The van der Waals surface area contributed by atoms with Crippen molar-refractivity contribution in [2.24, 2.45) is 5.73 Å². The zero-order valence-electron chi connectivity index (χ0n) is 9.54. The summed E-state index contributed by atoms with van der Waals surface area (Å²) in [6, 6.07) is 13.5. The van der Waals surface area contributed by atoms with Gasteiger partial charge in [0.05, 0.1) is 10.0 Å². The van der Waals surface area contributed by atoms with E-state index in [9.17, 15) is 0 Å². The van der Waals surface area contributed by atoms with Gasteiger partial charge in [0, 0.05) is 6.54 Å². The van der Waals surface area contributed by atoms with Crippen molar-refractivity contribution in [1.29, 1.82) is 0 Å². The smallest absolute Gasteiger partial charge is 0.173 e. The van der Waals surface area contributed by atoms with Crippen molar-refractivity contribution in [3.8, 4) is 0 Å². The highest BCUT2D eigenvalue weighted by molar-refractivity contribution is 6.42. The molecule has 0 bridgehead atoms. The molecule has 1 unspecified atom stereocenters. The Morgan fingerprint density at radius 3 is 2.17 bits per heavy atom. The van der Waals surface area contributed by atoms with E-state index < -0.39 is 5.67 Å². The molecule has 18 heavy (non-hydrogen) atoms. The highest BCUT2D eigenvalue weighted by atomic mass is 35.5. The number of nitrogens with two attached hydrogens (primary N) is 1. The van der Waals surface area contributed by atoms with E-state index in [0.717, 1.165) is 0 Å². The Kier molecular flexibility index (Phi) is 3.91. The molecule has 2 aromatic carbocycles. The summed E-state index contributed by atoms with van der Waals surface area (Å²) in [5.41, 5.74) is 4.77. The Morgan fingerprint density at radius 1 is 0.944 bits per heavy atom. The maximum absolute atomic E-state index is 15.1. The standard InChI is InChI=1S/C14H12Cl2FN/c15-12-7-6-11(8-13(12)16)14(17,9-18)10-4-2-1-3-5-10/h1-8H,9,18H2. The van der Waals surface area contributed by atoms with Crippen molar-refractivity contribution in [3.05, 3.63) is 69.7 Å². The van der Waals surface area contributed by atoms with Crippen LogP contribution >= 0.6 is 23.2 Å². The Labute approximate surface area is 115 Å². The number of benzene rings is 2. The lowest BCUT2D eigenvalue weighted by Gasteiger charge is -2.25. The van der Waals surface area contributed by atoms with Crippen molar-refractivity contribution in [3.63, 3.8) is 0 Å². The van der Waals surface area contributed by atoms with E-state index in [1.165, 1.54) is 6.07 Å². The van der Waals surface area contributed by atoms with Crippen LogP contribution in [0.5, 0.6) is 0 Å². The number of rotatable bonds is 3. The normalized spacial score (nSPS) is 14.2. The molecule has 0 aliphatic heterocycles. The fraction of sp³-hybridized carbons (Fsp3) is 0.143. The first kappa shape index (κ1) is 13.3. The molecule has 0 aliphatic rings. The first-order valence-corrected chi connectivity index (χ1v) is 6.23. The van der Waals surface area contributed by atoms with E-state index in [0.29, 0.717) is 21.2 Å². The molecule has 94 valence electrons. The SMILES string of the molecule is NCC(F)(c1ccccc1)c1ccc(Cl)c(Cl)c1. The van der Waals surface area contributed by atoms with Crippen LogP contribution < -0.4 is 5.73 Å². The van der Waals surface area contributed by atoms with Gasteiger partial charge in [-0.2, -0.15) is 0 Å². The van der Waals surface area contributed by atoms with Crippen molar-refractivity contribution in [2.75, 3.05) is 6.54 Å². The second kappa shape index (κ2) is 5.27. The van der Waals surface area contributed by atoms with Gasteiger partial charge >= 0.3 is 0 Å². The lowest BCUT2D eigenvalue weighted by atomic mass is 9.88. The van der Waals surface area contributed by atoms with Gasteiger partial charge in [0.25, 0.3) is 0 Å². The van der Waals surface area contributed by atoms with Crippen LogP contribution in [0.1, 0.15) is 11.1 Å². The van der Waals surface area contributed by atoms with Gasteiger partial charge in [0.2, 0.25) is 0 Å².